The number of rotatable bonds is 10. The molecule has 38 heavy (non-hydrogen) atoms. The van der Waals surface area contributed by atoms with Crippen molar-refractivity contribution >= 4 is 11.8 Å². The van der Waals surface area contributed by atoms with Crippen molar-refractivity contribution in [2.75, 3.05) is 26.2 Å². The Bertz CT molecular complexity index is 1030. The van der Waals surface area contributed by atoms with Gasteiger partial charge in [-0.15, -0.1) is 0 Å². The Labute approximate surface area is 229 Å². The molecule has 3 N–H and O–H groups in total. The van der Waals surface area contributed by atoms with Crippen molar-refractivity contribution in [2.24, 2.45) is 17.6 Å². The van der Waals surface area contributed by atoms with Crippen LogP contribution in [-0.2, 0) is 22.6 Å². The predicted octanol–water partition coefficient (Wildman–Crippen LogP) is 4.30. The summed E-state index contributed by atoms with van der Waals surface area (Å²) in [6, 6.07) is 19.2. The summed E-state index contributed by atoms with van der Waals surface area (Å²) in [5.41, 5.74) is 9.78. The van der Waals surface area contributed by atoms with Gasteiger partial charge in [0.15, 0.2) is 0 Å². The molecule has 2 aromatic carbocycles. The van der Waals surface area contributed by atoms with E-state index in [1.54, 1.807) is 11.8 Å². The van der Waals surface area contributed by atoms with Gasteiger partial charge in [-0.1, -0.05) is 66.6 Å². The molecular weight excluding hydrogens is 472 g/mol. The number of nitrogens with zero attached hydrogens (tertiary/aromatic N) is 2. The summed E-state index contributed by atoms with van der Waals surface area (Å²) in [6.45, 7) is 7.49. The van der Waals surface area contributed by atoms with Gasteiger partial charge in [-0.2, -0.15) is 0 Å². The Morgan fingerprint density at radius 1 is 0.974 bits per heavy atom. The number of carbonyl (C=O) groups is 2. The first-order valence-electron chi connectivity index (χ1n) is 14.5. The molecule has 1 saturated carbocycles. The van der Waals surface area contributed by atoms with Crippen molar-refractivity contribution in [3.63, 3.8) is 0 Å². The molecule has 3 unspecified atom stereocenters. The molecule has 1 aliphatic heterocycles. The van der Waals surface area contributed by atoms with E-state index >= 15 is 0 Å². The lowest BCUT2D eigenvalue weighted by Crippen LogP contribution is -2.57. The molecule has 4 atom stereocenters. The lowest BCUT2D eigenvalue weighted by atomic mass is 9.81. The molecule has 1 saturated heterocycles. The number of aryl methyl sites for hydroxylation is 1. The SMILES string of the molecule is CC(=O)N1CCC(N(CCc2ccccc2)Cc2ccc(C)cc2)C[C@@H]1C(=O)NCC1CCCC(CN)C1. The zero-order valence-electron chi connectivity index (χ0n) is 23.3. The monoisotopic (exact) mass is 518 g/mol. The molecule has 1 aliphatic carbocycles. The molecule has 0 bridgehead atoms. The van der Waals surface area contributed by atoms with Crippen molar-refractivity contribution in [3.05, 3.63) is 71.3 Å². The zero-order valence-corrected chi connectivity index (χ0v) is 23.3. The fourth-order valence-corrected chi connectivity index (χ4v) is 6.30. The highest BCUT2D eigenvalue weighted by molar-refractivity contribution is 5.87. The van der Waals surface area contributed by atoms with Crippen LogP contribution in [0.2, 0.25) is 0 Å². The van der Waals surface area contributed by atoms with Crippen LogP contribution in [-0.4, -0.2) is 59.9 Å². The Morgan fingerprint density at radius 2 is 1.71 bits per heavy atom. The maximum Gasteiger partial charge on any atom is 0.242 e. The zero-order chi connectivity index (χ0) is 26.9. The molecule has 6 nitrogen and oxygen atoms in total. The standard InChI is InChI=1S/C32H46N4O2/c1-24-11-13-27(14-12-24)23-35(17-15-26-7-4-3-5-8-26)30-16-18-36(25(2)37)31(20-30)32(38)34-22-29-10-6-9-28(19-29)21-33/h3-5,7-8,11-14,28-31H,6,9-10,15-23,33H2,1-2H3,(H,34,38)/t28?,29?,30?,31-/m1/s1. The average Bonchev–Trinajstić information content (AvgIpc) is 2.95. The molecule has 6 heteroatoms. The normalized spacial score (nSPS) is 23.8. The lowest BCUT2D eigenvalue weighted by Gasteiger charge is -2.43. The van der Waals surface area contributed by atoms with Crippen molar-refractivity contribution in [1.29, 1.82) is 0 Å². The summed E-state index contributed by atoms with van der Waals surface area (Å²) in [4.78, 5) is 30.4. The van der Waals surface area contributed by atoms with Crippen molar-refractivity contribution in [1.82, 2.24) is 15.1 Å². The van der Waals surface area contributed by atoms with E-state index < -0.39 is 6.04 Å². The van der Waals surface area contributed by atoms with E-state index in [2.05, 4.69) is 71.7 Å². The van der Waals surface area contributed by atoms with Gasteiger partial charge in [-0.05, 0) is 75.0 Å². The largest absolute Gasteiger partial charge is 0.354 e. The summed E-state index contributed by atoms with van der Waals surface area (Å²) in [6.07, 6.45) is 7.12. The molecule has 206 valence electrons. The fraction of sp³-hybridized carbons (Fsp3) is 0.562. The van der Waals surface area contributed by atoms with Crippen LogP contribution in [0.25, 0.3) is 0 Å². The minimum Gasteiger partial charge on any atom is -0.354 e. The van der Waals surface area contributed by atoms with Gasteiger partial charge in [0, 0.05) is 39.1 Å². The van der Waals surface area contributed by atoms with Crippen molar-refractivity contribution in [2.45, 2.75) is 77.4 Å². The van der Waals surface area contributed by atoms with Crippen LogP contribution in [0.15, 0.2) is 54.6 Å². The number of hydrogen-bond acceptors (Lipinski definition) is 4. The third-order valence-electron chi connectivity index (χ3n) is 8.62. The summed E-state index contributed by atoms with van der Waals surface area (Å²) in [5, 5.41) is 3.23. The Balaban J connectivity index is 1.45. The van der Waals surface area contributed by atoms with Crippen LogP contribution in [0.5, 0.6) is 0 Å². The third kappa shape index (κ3) is 7.90. The van der Waals surface area contributed by atoms with Gasteiger partial charge in [-0.3, -0.25) is 14.5 Å². The smallest absolute Gasteiger partial charge is 0.242 e. The van der Waals surface area contributed by atoms with Gasteiger partial charge in [-0.25, -0.2) is 0 Å². The highest BCUT2D eigenvalue weighted by Gasteiger charge is 2.37. The van der Waals surface area contributed by atoms with Crippen LogP contribution in [0.1, 0.15) is 62.1 Å². The van der Waals surface area contributed by atoms with Crippen LogP contribution in [0.3, 0.4) is 0 Å². The number of nitrogens with one attached hydrogen (secondary N) is 1. The molecule has 4 rings (SSSR count). The minimum atomic E-state index is -0.419. The summed E-state index contributed by atoms with van der Waals surface area (Å²) < 4.78 is 0. The first-order valence-corrected chi connectivity index (χ1v) is 14.5. The second-order valence-corrected chi connectivity index (χ2v) is 11.5. The number of hydrogen-bond donors (Lipinski definition) is 2. The molecule has 1 heterocycles. The van der Waals surface area contributed by atoms with Crippen LogP contribution < -0.4 is 11.1 Å². The molecule has 0 radical (unpaired) electrons. The molecule has 2 amide bonds. The van der Waals surface area contributed by atoms with E-state index in [-0.39, 0.29) is 17.9 Å². The van der Waals surface area contributed by atoms with Crippen LogP contribution >= 0.6 is 0 Å². The van der Waals surface area contributed by atoms with Gasteiger partial charge in [0.05, 0.1) is 0 Å². The second-order valence-electron chi connectivity index (χ2n) is 11.5. The summed E-state index contributed by atoms with van der Waals surface area (Å²) >= 11 is 0. The fourth-order valence-electron chi connectivity index (χ4n) is 6.30. The Kier molecular flexibility index (Phi) is 10.4. The predicted molar refractivity (Wildman–Crippen MR) is 153 cm³/mol. The van der Waals surface area contributed by atoms with E-state index in [1.807, 2.05) is 0 Å². The molecule has 2 aliphatic rings. The number of amides is 2. The van der Waals surface area contributed by atoms with Gasteiger partial charge in [0.25, 0.3) is 0 Å². The van der Waals surface area contributed by atoms with E-state index in [4.69, 9.17) is 5.73 Å². The number of carbonyl (C=O) groups excluding carboxylic acids is 2. The highest BCUT2D eigenvalue weighted by Crippen LogP contribution is 2.29. The van der Waals surface area contributed by atoms with Crippen molar-refractivity contribution < 1.29 is 9.59 Å². The summed E-state index contributed by atoms with van der Waals surface area (Å²) in [5.74, 6) is 1.03. The minimum absolute atomic E-state index is 0.00174. The second kappa shape index (κ2) is 13.9. The molecule has 0 spiro atoms. The molecular formula is C32H46N4O2. The first-order chi connectivity index (χ1) is 18.4. The quantitative estimate of drug-likeness (QED) is 0.492. The van der Waals surface area contributed by atoms with Gasteiger partial charge in [0.2, 0.25) is 11.8 Å². The van der Waals surface area contributed by atoms with Crippen LogP contribution in [0.4, 0.5) is 0 Å². The van der Waals surface area contributed by atoms with E-state index in [1.165, 1.54) is 29.5 Å². The Hall–Kier alpha value is -2.70. The molecule has 2 aromatic rings. The van der Waals surface area contributed by atoms with Crippen LogP contribution in [0, 0.1) is 18.8 Å². The molecule has 2 fully saturated rings. The average molecular weight is 519 g/mol. The third-order valence-corrected chi connectivity index (χ3v) is 8.62. The first kappa shape index (κ1) is 28.3. The molecule has 0 aromatic heterocycles. The van der Waals surface area contributed by atoms with Gasteiger partial charge < -0.3 is 16.0 Å². The highest BCUT2D eigenvalue weighted by atomic mass is 16.2. The maximum absolute atomic E-state index is 13.5. The number of piperidine rings is 1. The van der Waals surface area contributed by atoms with Gasteiger partial charge >= 0.3 is 0 Å². The maximum atomic E-state index is 13.5. The Morgan fingerprint density at radius 3 is 2.42 bits per heavy atom. The van der Waals surface area contributed by atoms with E-state index in [0.29, 0.717) is 31.3 Å². The number of nitrogens with two attached hydrogens (primary N) is 1. The van der Waals surface area contributed by atoms with E-state index in [0.717, 1.165) is 45.3 Å². The number of likely N-dealkylation sites (tertiary alicyclic amines) is 1. The number of benzene rings is 2. The van der Waals surface area contributed by atoms with Gasteiger partial charge in [0.1, 0.15) is 6.04 Å². The van der Waals surface area contributed by atoms with E-state index in [9.17, 15) is 9.59 Å². The summed E-state index contributed by atoms with van der Waals surface area (Å²) in [7, 11) is 0. The topological polar surface area (TPSA) is 78.7 Å². The van der Waals surface area contributed by atoms with Crippen molar-refractivity contribution in [3.8, 4) is 0 Å². The lowest BCUT2D eigenvalue weighted by molar-refractivity contribution is -0.142.